The monoisotopic (exact) mass is 344 g/mol. The molecule has 1 aromatic rings. The van der Waals surface area contributed by atoms with Gasteiger partial charge in [-0.1, -0.05) is 0 Å². The molecule has 1 fully saturated rings. The molecular weight excluding hydrogens is 325 g/mol. The van der Waals surface area contributed by atoms with E-state index >= 15 is 0 Å². The summed E-state index contributed by atoms with van der Waals surface area (Å²) in [5, 5.41) is 0. The zero-order valence-electron chi connectivity index (χ0n) is 13.2. The highest BCUT2D eigenvalue weighted by atomic mass is 19.4. The van der Waals surface area contributed by atoms with Crippen molar-refractivity contribution in [1.82, 2.24) is 4.90 Å². The van der Waals surface area contributed by atoms with Crippen molar-refractivity contribution in [3.8, 4) is 5.75 Å². The number of primary amides is 1. The summed E-state index contributed by atoms with van der Waals surface area (Å²) in [6.45, 7) is 1.81. The van der Waals surface area contributed by atoms with Crippen LogP contribution in [0.3, 0.4) is 0 Å². The van der Waals surface area contributed by atoms with Crippen LogP contribution < -0.4 is 10.5 Å². The van der Waals surface area contributed by atoms with Gasteiger partial charge in [-0.3, -0.25) is 9.59 Å². The van der Waals surface area contributed by atoms with Gasteiger partial charge in [-0.2, -0.15) is 13.2 Å². The largest absolute Gasteiger partial charge is 0.484 e. The molecule has 0 spiro atoms. The van der Waals surface area contributed by atoms with Crippen molar-refractivity contribution in [1.29, 1.82) is 0 Å². The third-order valence-corrected chi connectivity index (χ3v) is 4.15. The molecule has 1 aliphatic rings. The topological polar surface area (TPSA) is 72.6 Å². The zero-order valence-corrected chi connectivity index (χ0v) is 13.2. The van der Waals surface area contributed by atoms with Gasteiger partial charge in [0, 0.05) is 12.6 Å². The highest BCUT2D eigenvalue weighted by Crippen LogP contribution is 2.30. The molecule has 0 aromatic heterocycles. The Balaban J connectivity index is 1.93. The number of hydrogen-bond donors (Lipinski definition) is 1. The van der Waals surface area contributed by atoms with E-state index in [0.29, 0.717) is 12.8 Å². The lowest BCUT2D eigenvalue weighted by atomic mass is 9.93. The molecule has 1 aromatic carbocycles. The Labute approximate surface area is 137 Å². The van der Waals surface area contributed by atoms with Gasteiger partial charge in [0.2, 0.25) is 5.91 Å². The van der Waals surface area contributed by atoms with E-state index in [1.165, 1.54) is 17.0 Å². The Kier molecular flexibility index (Phi) is 5.36. The third kappa shape index (κ3) is 4.39. The van der Waals surface area contributed by atoms with Gasteiger partial charge >= 0.3 is 6.18 Å². The van der Waals surface area contributed by atoms with Crippen molar-refractivity contribution < 1.29 is 27.5 Å². The van der Waals surface area contributed by atoms with Crippen LogP contribution in [0.1, 0.15) is 25.3 Å². The fourth-order valence-electron chi connectivity index (χ4n) is 2.65. The SMILES string of the molecule is C[C@@H]1CC[C@@H](C(N)=O)CN1C(=O)COc1ccc(C(F)(F)F)cc1. The lowest BCUT2D eigenvalue weighted by molar-refractivity contribution is -0.140. The Morgan fingerprint density at radius 1 is 1.25 bits per heavy atom. The molecule has 8 heteroatoms. The van der Waals surface area contributed by atoms with Crippen LogP contribution in [0.25, 0.3) is 0 Å². The highest BCUT2D eigenvalue weighted by molar-refractivity contribution is 5.81. The molecule has 1 saturated heterocycles. The van der Waals surface area contributed by atoms with E-state index in [4.69, 9.17) is 10.5 Å². The van der Waals surface area contributed by atoms with E-state index in [9.17, 15) is 22.8 Å². The average Bonchev–Trinajstić information content (AvgIpc) is 2.52. The second-order valence-electron chi connectivity index (χ2n) is 5.88. The molecule has 2 rings (SSSR count). The van der Waals surface area contributed by atoms with E-state index in [1.54, 1.807) is 0 Å². The van der Waals surface area contributed by atoms with E-state index in [-0.39, 0.29) is 36.8 Å². The van der Waals surface area contributed by atoms with Crippen LogP contribution in [0.15, 0.2) is 24.3 Å². The number of hydrogen-bond acceptors (Lipinski definition) is 3. The molecule has 2 atom stereocenters. The smallest absolute Gasteiger partial charge is 0.416 e. The molecule has 132 valence electrons. The Morgan fingerprint density at radius 3 is 2.42 bits per heavy atom. The summed E-state index contributed by atoms with van der Waals surface area (Å²) >= 11 is 0. The van der Waals surface area contributed by atoms with Crippen molar-refractivity contribution in [3.63, 3.8) is 0 Å². The van der Waals surface area contributed by atoms with E-state index in [0.717, 1.165) is 12.1 Å². The van der Waals surface area contributed by atoms with Crippen LogP contribution in [0.4, 0.5) is 13.2 Å². The predicted octanol–water partition coefficient (Wildman–Crippen LogP) is 2.20. The van der Waals surface area contributed by atoms with Crippen molar-refractivity contribution in [2.45, 2.75) is 32.0 Å². The molecule has 0 saturated carbocycles. The standard InChI is InChI=1S/C16H19F3N2O3/c1-10-2-3-11(15(20)23)8-21(10)14(22)9-24-13-6-4-12(5-7-13)16(17,18)19/h4-7,10-11H,2-3,8-9H2,1H3,(H2,20,23)/t10-,11-/m1/s1. The maximum absolute atomic E-state index is 12.5. The number of ether oxygens (including phenoxy) is 1. The van der Waals surface area contributed by atoms with Gasteiger partial charge in [0.15, 0.2) is 6.61 Å². The minimum atomic E-state index is -4.42. The molecule has 0 radical (unpaired) electrons. The molecule has 2 N–H and O–H groups in total. The molecule has 0 unspecified atom stereocenters. The number of rotatable bonds is 4. The summed E-state index contributed by atoms with van der Waals surface area (Å²) in [5.41, 5.74) is 4.51. The van der Waals surface area contributed by atoms with Gasteiger partial charge in [-0.15, -0.1) is 0 Å². The Hall–Kier alpha value is -2.25. The minimum Gasteiger partial charge on any atom is -0.484 e. The van der Waals surface area contributed by atoms with Crippen LogP contribution >= 0.6 is 0 Å². The number of halogens is 3. The summed E-state index contributed by atoms with van der Waals surface area (Å²) in [6.07, 6.45) is -3.11. The molecule has 0 bridgehead atoms. The fourth-order valence-corrected chi connectivity index (χ4v) is 2.65. The number of carbonyl (C=O) groups is 2. The summed E-state index contributed by atoms with van der Waals surface area (Å²) < 4.78 is 42.7. The lowest BCUT2D eigenvalue weighted by Crippen LogP contribution is -2.50. The second-order valence-corrected chi connectivity index (χ2v) is 5.88. The number of nitrogens with zero attached hydrogens (tertiary/aromatic N) is 1. The second kappa shape index (κ2) is 7.11. The lowest BCUT2D eigenvalue weighted by Gasteiger charge is -2.36. The first-order valence-corrected chi connectivity index (χ1v) is 7.57. The summed E-state index contributed by atoms with van der Waals surface area (Å²) in [6, 6.07) is 4.09. The van der Waals surface area contributed by atoms with Gasteiger partial charge in [0.25, 0.3) is 5.91 Å². The number of carbonyl (C=O) groups excluding carboxylic acids is 2. The number of alkyl halides is 3. The fraction of sp³-hybridized carbons (Fsp3) is 0.500. The first-order valence-electron chi connectivity index (χ1n) is 7.57. The van der Waals surface area contributed by atoms with Crippen LogP contribution in [0.2, 0.25) is 0 Å². The first kappa shape index (κ1) is 18.1. The number of benzene rings is 1. The van der Waals surface area contributed by atoms with Gasteiger partial charge in [-0.05, 0) is 44.0 Å². The molecule has 1 heterocycles. The zero-order chi connectivity index (χ0) is 17.9. The van der Waals surface area contributed by atoms with E-state index in [1.807, 2.05) is 6.92 Å². The molecule has 1 aliphatic heterocycles. The Bertz CT molecular complexity index is 602. The van der Waals surface area contributed by atoms with Crippen LogP contribution in [0, 0.1) is 5.92 Å². The summed E-state index contributed by atoms with van der Waals surface area (Å²) in [7, 11) is 0. The molecule has 24 heavy (non-hydrogen) atoms. The van der Waals surface area contributed by atoms with Crippen molar-refractivity contribution in [2.24, 2.45) is 11.7 Å². The maximum atomic E-state index is 12.5. The summed E-state index contributed by atoms with van der Waals surface area (Å²) in [5.74, 6) is -0.972. The summed E-state index contributed by atoms with van der Waals surface area (Å²) in [4.78, 5) is 25.1. The van der Waals surface area contributed by atoms with Crippen molar-refractivity contribution in [3.05, 3.63) is 29.8 Å². The van der Waals surface area contributed by atoms with E-state index < -0.39 is 17.6 Å². The maximum Gasteiger partial charge on any atom is 0.416 e. The van der Waals surface area contributed by atoms with Crippen molar-refractivity contribution >= 4 is 11.8 Å². The quantitative estimate of drug-likeness (QED) is 0.910. The molecule has 5 nitrogen and oxygen atoms in total. The highest BCUT2D eigenvalue weighted by Gasteiger charge is 2.32. The normalized spacial score (nSPS) is 21.4. The average molecular weight is 344 g/mol. The van der Waals surface area contributed by atoms with Gasteiger partial charge in [0.1, 0.15) is 5.75 Å². The first-order chi connectivity index (χ1) is 11.2. The Morgan fingerprint density at radius 2 is 1.88 bits per heavy atom. The number of amides is 2. The van der Waals surface area contributed by atoms with Crippen LogP contribution in [-0.2, 0) is 15.8 Å². The van der Waals surface area contributed by atoms with Gasteiger partial charge in [0.05, 0.1) is 11.5 Å². The van der Waals surface area contributed by atoms with Crippen LogP contribution in [0.5, 0.6) is 5.75 Å². The minimum absolute atomic E-state index is 0.0377. The molecule has 2 amide bonds. The number of likely N-dealkylation sites (tertiary alicyclic amines) is 1. The van der Waals surface area contributed by atoms with E-state index in [2.05, 4.69) is 0 Å². The third-order valence-electron chi connectivity index (χ3n) is 4.15. The van der Waals surface area contributed by atoms with Crippen LogP contribution in [-0.4, -0.2) is 35.9 Å². The number of piperidine rings is 1. The molecular formula is C16H19F3N2O3. The van der Waals surface area contributed by atoms with Gasteiger partial charge < -0.3 is 15.4 Å². The molecule has 0 aliphatic carbocycles. The van der Waals surface area contributed by atoms with Gasteiger partial charge in [-0.25, -0.2) is 0 Å². The number of nitrogens with two attached hydrogens (primary N) is 1. The predicted molar refractivity (Wildman–Crippen MR) is 80.0 cm³/mol. The van der Waals surface area contributed by atoms with Crippen molar-refractivity contribution in [2.75, 3.05) is 13.2 Å².